The van der Waals surface area contributed by atoms with Gasteiger partial charge in [0.15, 0.2) is 0 Å². The summed E-state index contributed by atoms with van der Waals surface area (Å²) in [6.07, 6.45) is 0.808. The normalized spacial score (nSPS) is 25.5. The Balaban J connectivity index is 2.07. The average molecular weight is 251 g/mol. The molecule has 0 saturated carbocycles. The zero-order valence-corrected chi connectivity index (χ0v) is 11.0. The Morgan fingerprint density at radius 2 is 1.58 bits per heavy atom. The molecule has 1 aliphatic heterocycles. The lowest BCUT2D eigenvalue weighted by Gasteiger charge is -2.49. The number of benzene rings is 2. The van der Waals surface area contributed by atoms with Gasteiger partial charge in [-0.1, -0.05) is 67.6 Å². The highest BCUT2D eigenvalue weighted by Crippen LogP contribution is 2.47. The number of hydrogen-bond acceptors (Lipinski definition) is 1. The molecule has 0 unspecified atom stereocenters. The van der Waals surface area contributed by atoms with Crippen LogP contribution in [0.5, 0.6) is 0 Å². The topological polar surface area (TPSA) is 29.1 Å². The number of rotatable bonds is 3. The molecule has 1 saturated heterocycles. The van der Waals surface area contributed by atoms with Gasteiger partial charge in [-0.05, 0) is 17.5 Å². The minimum atomic E-state index is -0.414. The SMILES string of the molecule is CC[C@]1(c2ccccc2)C(=O)N[C@H]1c1ccccc1. The Labute approximate surface area is 113 Å². The van der Waals surface area contributed by atoms with E-state index in [1.54, 1.807) is 0 Å². The van der Waals surface area contributed by atoms with E-state index in [4.69, 9.17) is 0 Å². The molecular formula is C17H17NO. The van der Waals surface area contributed by atoms with E-state index in [9.17, 15) is 4.79 Å². The fraction of sp³-hybridized carbons (Fsp3) is 0.235. The van der Waals surface area contributed by atoms with Crippen molar-refractivity contribution in [3.05, 3.63) is 71.8 Å². The second-order valence-corrected chi connectivity index (χ2v) is 5.01. The summed E-state index contributed by atoms with van der Waals surface area (Å²) in [5, 5.41) is 3.06. The Morgan fingerprint density at radius 3 is 2.11 bits per heavy atom. The Bertz CT molecular complexity index is 579. The van der Waals surface area contributed by atoms with Crippen LogP contribution in [0, 0.1) is 0 Å². The Morgan fingerprint density at radius 1 is 1.00 bits per heavy atom. The molecule has 0 bridgehead atoms. The lowest BCUT2D eigenvalue weighted by molar-refractivity contribution is -0.138. The second-order valence-electron chi connectivity index (χ2n) is 5.01. The van der Waals surface area contributed by atoms with E-state index in [-0.39, 0.29) is 11.9 Å². The molecule has 1 heterocycles. The maximum Gasteiger partial charge on any atom is 0.233 e. The maximum absolute atomic E-state index is 12.3. The van der Waals surface area contributed by atoms with E-state index in [0.29, 0.717) is 0 Å². The van der Waals surface area contributed by atoms with Gasteiger partial charge in [-0.3, -0.25) is 4.79 Å². The summed E-state index contributed by atoms with van der Waals surface area (Å²) in [6, 6.07) is 20.4. The molecule has 1 fully saturated rings. The molecule has 0 spiro atoms. The van der Waals surface area contributed by atoms with Gasteiger partial charge in [0, 0.05) is 0 Å². The summed E-state index contributed by atoms with van der Waals surface area (Å²) in [5.41, 5.74) is 1.87. The predicted octanol–water partition coefficient (Wildman–Crippen LogP) is 3.21. The van der Waals surface area contributed by atoms with Crippen molar-refractivity contribution in [2.45, 2.75) is 24.8 Å². The van der Waals surface area contributed by atoms with Crippen molar-refractivity contribution >= 4 is 5.91 Å². The molecule has 2 aromatic carbocycles. The van der Waals surface area contributed by atoms with Crippen LogP contribution in [0.4, 0.5) is 0 Å². The van der Waals surface area contributed by atoms with Crippen LogP contribution in [0.25, 0.3) is 0 Å². The summed E-state index contributed by atoms with van der Waals surface area (Å²) in [5.74, 6) is 0.134. The van der Waals surface area contributed by atoms with Crippen LogP contribution in [-0.2, 0) is 10.2 Å². The number of hydrogen-bond donors (Lipinski definition) is 1. The highest BCUT2D eigenvalue weighted by atomic mass is 16.2. The fourth-order valence-electron chi connectivity index (χ4n) is 3.05. The van der Waals surface area contributed by atoms with Gasteiger partial charge < -0.3 is 5.32 Å². The fourth-order valence-corrected chi connectivity index (χ4v) is 3.05. The lowest BCUT2D eigenvalue weighted by Crippen LogP contribution is -2.63. The highest BCUT2D eigenvalue weighted by molar-refractivity contribution is 5.96. The monoisotopic (exact) mass is 251 g/mol. The minimum Gasteiger partial charge on any atom is -0.347 e. The first-order valence-corrected chi connectivity index (χ1v) is 6.70. The molecule has 1 N–H and O–H groups in total. The van der Waals surface area contributed by atoms with Crippen LogP contribution >= 0.6 is 0 Å². The van der Waals surface area contributed by atoms with Gasteiger partial charge in [-0.25, -0.2) is 0 Å². The van der Waals surface area contributed by atoms with Gasteiger partial charge in [-0.15, -0.1) is 0 Å². The highest BCUT2D eigenvalue weighted by Gasteiger charge is 2.55. The maximum atomic E-state index is 12.3. The van der Waals surface area contributed by atoms with E-state index in [0.717, 1.165) is 12.0 Å². The van der Waals surface area contributed by atoms with Crippen LogP contribution in [-0.4, -0.2) is 5.91 Å². The first-order valence-electron chi connectivity index (χ1n) is 6.70. The standard InChI is InChI=1S/C17H17NO/c1-2-17(14-11-7-4-8-12-14)15(18-16(17)19)13-9-5-3-6-10-13/h3-12,15H,2H2,1H3,(H,18,19)/t15-,17+/m0/s1. The molecule has 0 aromatic heterocycles. The number of carbonyl (C=O) groups excluding carboxylic acids is 1. The molecule has 1 amide bonds. The van der Waals surface area contributed by atoms with Gasteiger partial charge in [0.05, 0.1) is 11.5 Å². The molecule has 2 atom stereocenters. The first-order chi connectivity index (χ1) is 9.29. The molecule has 0 aliphatic carbocycles. The zero-order chi connectivity index (χ0) is 13.3. The molecule has 1 aliphatic rings. The molecule has 2 nitrogen and oxygen atoms in total. The minimum absolute atomic E-state index is 0.0774. The van der Waals surface area contributed by atoms with Crippen molar-refractivity contribution in [2.75, 3.05) is 0 Å². The number of amides is 1. The van der Waals surface area contributed by atoms with Gasteiger partial charge in [-0.2, -0.15) is 0 Å². The van der Waals surface area contributed by atoms with Crippen molar-refractivity contribution in [1.29, 1.82) is 0 Å². The quantitative estimate of drug-likeness (QED) is 0.834. The van der Waals surface area contributed by atoms with Gasteiger partial charge in [0.1, 0.15) is 0 Å². The molecule has 19 heavy (non-hydrogen) atoms. The molecule has 0 radical (unpaired) electrons. The van der Waals surface area contributed by atoms with Crippen LogP contribution < -0.4 is 5.32 Å². The summed E-state index contributed by atoms with van der Waals surface area (Å²) >= 11 is 0. The van der Waals surface area contributed by atoms with Crippen molar-refractivity contribution in [3.8, 4) is 0 Å². The van der Waals surface area contributed by atoms with Gasteiger partial charge in [0.25, 0.3) is 0 Å². The van der Waals surface area contributed by atoms with Crippen LogP contribution in [0.2, 0.25) is 0 Å². The van der Waals surface area contributed by atoms with Gasteiger partial charge in [0.2, 0.25) is 5.91 Å². The van der Waals surface area contributed by atoms with Gasteiger partial charge >= 0.3 is 0 Å². The number of nitrogens with one attached hydrogen (secondary N) is 1. The zero-order valence-electron chi connectivity index (χ0n) is 11.0. The summed E-state index contributed by atoms with van der Waals surface area (Å²) in [6.45, 7) is 2.08. The van der Waals surface area contributed by atoms with Crippen LogP contribution in [0.15, 0.2) is 60.7 Å². The molecule has 2 aromatic rings. The van der Waals surface area contributed by atoms with E-state index in [1.807, 2.05) is 36.4 Å². The van der Waals surface area contributed by atoms with E-state index in [2.05, 4.69) is 36.5 Å². The third kappa shape index (κ3) is 1.67. The molecule has 2 heteroatoms. The predicted molar refractivity (Wildman–Crippen MR) is 75.7 cm³/mol. The molecule has 96 valence electrons. The van der Waals surface area contributed by atoms with E-state index >= 15 is 0 Å². The van der Waals surface area contributed by atoms with Crippen molar-refractivity contribution in [3.63, 3.8) is 0 Å². The number of β-lactam (4-membered cyclic amide) rings is 1. The van der Waals surface area contributed by atoms with E-state index < -0.39 is 5.41 Å². The summed E-state index contributed by atoms with van der Waals surface area (Å²) in [4.78, 5) is 12.3. The second kappa shape index (κ2) is 4.54. The Hall–Kier alpha value is -2.09. The smallest absolute Gasteiger partial charge is 0.233 e. The van der Waals surface area contributed by atoms with Crippen molar-refractivity contribution in [1.82, 2.24) is 5.32 Å². The lowest BCUT2D eigenvalue weighted by atomic mass is 9.63. The third-order valence-electron chi connectivity index (χ3n) is 4.15. The van der Waals surface area contributed by atoms with Crippen LogP contribution in [0.1, 0.15) is 30.5 Å². The van der Waals surface area contributed by atoms with E-state index in [1.165, 1.54) is 5.56 Å². The third-order valence-corrected chi connectivity index (χ3v) is 4.15. The van der Waals surface area contributed by atoms with Crippen LogP contribution in [0.3, 0.4) is 0 Å². The summed E-state index contributed by atoms with van der Waals surface area (Å²) in [7, 11) is 0. The first kappa shape index (κ1) is 12.0. The molecule has 3 rings (SSSR count). The summed E-state index contributed by atoms with van der Waals surface area (Å²) < 4.78 is 0. The molecular weight excluding hydrogens is 234 g/mol. The largest absolute Gasteiger partial charge is 0.347 e. The Kier molecular flexibility index (Phi) is 2.86. The average Bonchev–Trinajstić information content (AvgIpc) is 2.48. The van der Waals surface area contributed by atoms with Crippen molar-refractivity contribution in [2.24, 2.45) is 0 Å². The van der Waals surface area contributed by atoms with Crippen molar-refractivity contribution < 1.29 is 4.79 Å². The number of carbonyl (C=O) groups is 1.